The molecule has 3 rings (SSSR count). The van der Waals surface area contributed by atoms with Gasteiger partial charge in [0.2, 0.25) is 0 Å². The van der Waals surface area contributed by atoms with Crippen LogP contribution in [0.5, 0.6) is 0 Å². The highest BCUT2D eigenvalue weighted by Crippen LogP contribution is 2.30. The number of amides is 1. The number of hydrogen-bond acceptors (Lipinski definition) is 4. The van der Waals surface area contributed by atoms with Crippen LogP contribution in [0.2, 0.25) is 5.02 Å². The smallest absolute Gasteiger partial charge is 0.275 e. The van der Waals surface area contributed by atoms with Gasteiger partial charge in [-0.25, -0.2) is 9.37 Å². The predicted octanol–water partition coefficient (Wildman–Crippen LogP) is 5.22. The summed E-state index contributed by atoms with van der Waals surface area (Å²) >= 11 is 8.73. The van der Waals surface area contributed by atoms with Crippen molar-refractivity contribution in [3.05, 3.63) is 57.1 Å². The Labute approximate surface area is 139 Å². The highest BCUT2D eigenvalue weighted by atomic mass is 35.5. The van der Waals surface area contributed by atoms with Crippen molar-refractivity contribution in [2.24, 2.45) is 0 Å². The van der Waals surface area contributed by atoms with E-state index in [-0.39, 0.29) is 10.9 Å². The molecular formula is C15H10ClFN2OS2. The van der Waals surface area contributed by atoms with Crippen LogP contribution in [0.3, 0.4) is 0 Å². The number of nitrogens with one attached hydrogen (secondary N) is 1. The number of carbonyl (C=O) groups excluding carboxylic acids is 1. The summed E-state index contributed by atoms with van der Waals surface area (Å²) in [5, 5.41) is 5.12. The Bertz CT molecular complexity index is 844. The number of halogens is 2. The Kier molecular flexibility index (Phi) is 4.24. The highest BCUT2D eigenvalue weighted by Gasteiger charge is 2.13. The number of benzene rings is 1. The average molecular weight is 353 g/mol. The lowest BCUT2D eigenvalue weighted by atomic mass is 10.3. The van der Waals surface area contributed by atoms with Gasteiger partial charge in [-0.05, 0) is 37.3 Å². The van der Waals surface area contributed by atoms with Gasteiger partial charge < -0.3 is 5.32 Å². The fourth-order valence-electron chi connectivity index (χ4n) is 1.81. The van der Waals surface area contributed by atoms with Gasteiger partial charge >= 0.3 is 0 Å². The summed E-state index contributed by atoms with van der Waals surface area (Å²) in [6, 6.07) is 8.03. The number of thiophene rings is 1. The highest BCUT2D eigenvalue weighted by molar-refractivity contribution is 7.21. The van der Waals surface area contributed by atoms with Gasteiger partial charge in [-0.15, -0.1) is 22.7 Å². The average Bonchev–Trinajstić information content (AvgIpc) is 3.11. The van der Waals surface area contributed by atoms with Crippen molar-refractivity contribution in [2.75, 3.05) is 5.32 Å². The molecule has 22 heavy (non-hydrogen) atoms. The van der Waals surface area contributed by atoms with Crippen LogP contribution in [0.25, 0.3) is 9.88 Å². The number of anilines is 1. The van der Waals surface area contributed by atoms with Crippen LogP contribution in [-0.2, 0) is 0 Å². The summed E-state index contributed by atoms with van der Waals surface area (Å²) in [6.07, 6.45) is 0. The maximum absolute atomic E-state index is 13.1. The topological polar surface area (TPSA) is 42.0 Å². The van der Waals surface area contributed by atoms with Gasteiger partial charge in [0.05, 0.1) is 9.90 Å². The van der Waals surface area contributed by atoms with E-state index < -0.39 is 5.82 Å². The second-order valence-electron chi connectivity index (χ2n) is 4.53. The van der Waals surface area contributed by atoms with Gasteiger partial charge in [0.25, 0.3) is 5.91 Å². The summed E-state index contributed by atoms with van der Waals surface area (Å²) in [5.74, 6) is -0.873. The van der Waals surface area contributed by atoms with Gasteiger partial charge in [0.1, 0.15) is 16.5 Å². The molecule has 1 amide bonds. The number of carbonyl (C=O) groups is 1. The van der Waals surface area contributed by atoms with Crippen molar-refractivity contribution in [3.8, 4) is 9.88 Å². The van der Waals surface area contributed by atoms with Gasteiger partial charge in [0, 0.05) is 15.9 Å². The minimum atomic E-state index is -0.524. The molecule has 0 saturated carbocycles. The lowest BCUT2D eigenvalue weighted by Crippen LogP contribution is -2.12. The van der Waals surface area contributed by atoms with Crippen molar-refractivity contribution in [3.63, 3.8) is 0 Å². The van der Waals surface area contributed by atoms with Crippen LogP contribution in [-0.4, -0.2) is 10.9 Å². The van der Waals surface area contributed by atoms with Gasteiger partial charge in [0.15, 0.2) is 0 Å². The fourth-order valence-corrected chi connectivity index (χ4v) is 3.73. The second kappa shape index (κ2) is 6.16. The predicted molar refractivity (Wildman–Crippen MR) is 89.5 cm³/mol. The zero-order valence-electron chi connectivity index (χ0n) is 11.4. The summed E-state index contributed by atoms with van der Waals surface area (Å²) in [5.41, 5.74) is 0.754. The first-order chi connectivity index (χ1) is 10.5. The molecule has 0 bridgehead atoms. The quantitative estimate of drug-likeness (QED) is 0.701. The van der Waals surface area contributed by atoms with E-state index in [1.807, 2.05) is 19.1 Å². The first-order valence-electron chi connectivity index (χ1n) is 6.31. The Morgan fingerprint density at radius 2 is 2.14 bits per heavy atom. The maximum Gasteiger partial charge on any atom is 0.275 e. The molecule has 2 heterocycles. The normalized spacial score (nSPS) is 10.7. The Balaban J connectivity index is 1.78. The molecule has 0 fully saturated rings. The van der Waals surface area contributed by atoms with Crippen LogP contribution >= 0.6 is 34.3 Å². The maximum atomic E-state index is 13.1. The van der Waals surface area contributed by atoms with E-state index in [4.69, 9.17) is 11.6 Å². The van der Waals surface area contributed by atoms with Crippen LogP contribution in [0.1, 0.15) is 15.4 Å². The first-order valence-corrected chi connectivity index (χ1v) is 8.39. The molecule has 1 N–H and O–H groups in total. The van der Waals surface area contributed by atoms with E-state index in [1.54, 1.807) is 16.7 Å². The Hall–Kier alpha value is -1.76. The van der Waals surface area contributed by atoms with E-state index in [2.05, 4.69) is 10.3 Å². The van der Waals surface area contributed by atoms with Crippen LogP contribution < -0.4 is 5.32 Å². The summed E-state index contributed by atoms with van der Waals surface area (Å²) in [4.78, 5) is 18.7. The molecule has 1 aromatic carbocycles. The number of hydrogen-bond donors (Lipinski definition) is 1. The minimum Gasteiger partial charge on any atom is -0.321 e. The van der Waals surface area contributed by atoms with E-state index >= 15 is 0 Å². The molecule has 0 spiro atoms. The third-order valence-corrected chi connectivity index (χ3v) is 5.17. The molecule has 3 aromatic rings. The third-order valence-electron chi connectivity index (χ3n) is 2.87. The number of aromatic nitrogens is 1. The lowest BCUT2D eigenvalue weighted by molar-refractivity contribution is 0.102. The van der Waals surface area contributed by atoms with Crippen molar-refractivity contribution >= 4 is 45.9 Å². The third kappa shape index (κ3) is 3.19. The zero-order valence-corrected chi connectivity index (χ0v) is 13.8. The van der Waals surface area contributed by atoms with Crippen molar-refractivity contribution in [2.45, 2.75) is 6.92 Å². The van der Waals surface area contributed by atoms with E-state index in [0.29, 0.717) is 11.4 Å². The van der Waals surface area contributed by atoms with E-state index in [9.17, 15) is 9.18 Å². The zero-order chi connectivity index (χ0) is 15.7. The number of nitrogens with zero attached hydrogens (tertiary/aromatic N) is 1. The standard InChI is InChI=1S/C15H10ClFN2OS2/c1-8-2-5-13(22-8)15-19-12(7-21-15)14(20)18-9-3-4-11(17)10(16)6-9/h2-7H,1H3,(H,18,20). The molecule has 7 heteroatoms. The number of rotatable bonds is 3. The fraction of sp³-hybridized carbons (Fsp3) is 0.0667. The van der Waals surface area contributed by atoms with E-state index in [1.165, 1.54) is 34.4 Å². The Morgan fingerprint density at radius 3 is 2.82 bits per heavy atom. The second-order valence-corrected chi connectivity index (χ2v) is 7.08. The van der Waals surface area contributed by atoms with Crippen molar-refractivity contribution in [1.29, 1.82) is 0 Å². The Morgan fingerprint density at radius 1 is 1.32 bits per heavy atom. The van der Waals surface area contributed by atoms with Crippen molar-refractivity contribution < 1.29 is 9.18 Å². The minimum absolute atomic E-state index is 0.0363. The monoisotopic (exact) mass is 352 g/mol. The molecule has 0 atom stereocenters. The summed E-state index contributed by atoms with van der Waals surface area (Å²) in [6.45, 7) is 2.02. The molecule has 0 aliphatic heterocycles. The van der Waals surface area contributed by atoms with E-state index in [0.717, 1.165) is 9.88 Å². The molecule has 0 unspecified atom stereocenters. The molecule has 3 nitrogen and oxygen atoms in total. The van der Waals surface area contributed by atoms with Gasteiger partial charge in [-0.2, -0.15) is 0 Å². The van der Waals surface area contributed by atoms with Gasteiger partial charge in [-0.1, -0.05) is 11.6 Å². The largest absolute Gasteiger partial charge is 0.321 e. The summed E-state index contributed by atoms with van der Waals surface area (Å²) < 4.78 is 13.1. The molecule has 2 aromatic heterocycles. The first kappa shape index (κ1) is 15.1. The van der Waals surface area contributed by atoms with Crippen molar-refractivity contribution in [1.82, 2.24) is 4.98 Å². The molecule has 0 saturated heterocycles. The molecule has 112 valence electrons. The molecule has 0 radical (unpaired) electrons. The number of thiazole rings is 1. The summed E-state index contributed by atoms with van der Waals surface area (Å²) in [7, 11) is 0. The lowest BCUT2D eigenvalue weighted by Gasteiger charge is -2.03. The van der Waals surface area contributed by atoms with Crippen LogP contribution in [0.15, 0.2) is 35.7 Å². The number of aryl methyl sites for hydroxylation is 1. The van der Waals surface area contributed by atoms with Crippen LogP contribution in [0.4, 0.5) is 10.1 Å². The molecular weight excluding hydrogens is 343 g/mol. The van der Waals surface area contributed by atoms with Crippen LogP contribution in [0, 0.1) is 12.7 Å². The molecule has 0 aliphatic carbocycles. The SMILES string of the molecule is Cc1ccc(-c2nc(C(=O)Nc3ccc(F)c(Cl)c3)cs2)s1. The molecule has 0 aliphatic rings. The van der Waals surface area contributed by atoms with Gasteiger partial charge in [-0.3, -0.25) is 4.79 Å².